The highest BCUT2D eigenvalue weighted by Crippen LogP contribution is 2.29. The van der Waals surface area contributed by atoms with Gasteiger partial charge in [-0.25, -0.2) is 0 Å². The van der Waals surface area contributed by atoms with Crippen molar-refractivity contribution in [2.75, 3.05) is 0 Å². The zero-order valence-corrected chi connectivity index (χ0v) is 7.68. The van der Waals surface area contributed by atoms with Crippen LogP contribution in [-0.4, -0.2) is 9.80 Å². The van der Waals surface area contributed by atoms with Crippen LogP contribution < -0.4 is 0 Å². The Morgan fingerprint density at radius 3 is 2.40 bits per heavy atom. The summed E-state index contributed by atoms with van der Waals surface area (Å²) in [5.41, 5.74) is 0. The van der Waals surface area contributed by atoms with Gasteiger partial charge < -0.3 is 4.55 Å². The van der Waals surface area contributed by atoms with Gasteiger partial charge >= 0.3 is 0 Å². The Hall–Kier alpha value is 0.660. The average molecular weight is 177 g/mol. The van der Waals surface area contributed by atoms with Gasteiger partial charge in [-0.15, -0.1) is 0 Å². The Balaban J connectivity index is 2.24. The highest BCUT2D eigenvalue weighted by atomic mass is 33.1. The molecule has 0 bridgehead atoms. The summed E-state index contributed by atoms with van der Waals surface area (Å²) >= 11 is 0. The molecule has 1 rings (SSSR count). The normalized spacial score (nSPS) is 24.6. The molecule has 1 aliphatic carbocycles. The Morgan fingerprint density at radius 2 is 1.90 bits per heavy atom. The molecule has 0 amide bonds. The Labute approximate surface area is 69.5 Å². The molecule has 0 aromatic heterocycles. The molecule has 59 valence electrons. The third-order valence-electron chi connectivity index (χ3n) is 1.94. The van der Waals surface area contributed by atoms with Crippen LogP contribution in [0.4, 0.5) is 0 Å². The van der Waals surface area contributed by atoms with Crippen molar-refractivity contribution in [1.29, 1.82) is 0 Å². The van der Waals surface area contributed by atoms with Crippen LogP contribution in [0, 0.1) is 6.26 Å². The van der Waals surface area contributed by atoms with Gasteiger partial charge in [-0.2, -0.15) is 0 Å². The van der Waals surface area contributed by atoms with E-state index in [0.29, 0.717) is 5.25 Å². The highest BCUT2D eigenvalue weighted by molar-refractivity contribution is 8.72. The van der Waals surface area contributed by atoms with E-state index >= 15 is 0 Å². The van der Waals surface area contributed by atoms with Crippen LogP contribution in [0.2, 0.25) is 0 Å². The van der Waals surface area contributed by atoms with Crippen LogP contribution in [0.3, 0.4) is 0 Å². The lowest BCUT2D eigenvalue weighted by Crippen LogP contribution is -2.20. The third kappa shape index (κ3) is 2.36. The molecule has 0 aliphatic heterocycles. The molecule has 1 atom stereocenters. The van der Waals surface area contributed by atoms with E-state index in [2.05, 4.69) is 6.26 Å². The first-order chi connectivity index (χ1) is 4.84. The molecule has 0 aromatic rings. The third-order valence-corrected chi connectivity index (χ3v) is 4.70. The quantitative estimate of drug-likeness (QED) is 0.478. The van der Waals surface area contributed by atoms with Crippen LogP contribution >= 0.6 is 10.8 Å². The summed E-state index contributed by atoms with van der Waals surface area (Å²) in [6, 6.07) is 0. The van der Waals surface area contributed by atoms with Gasteiger partial charge in [0.15, 0.2) is 0 Å². The SMILES string of the molecule is [CH2]S[S+]([O-])C1CCCCC1. The van der Waals surface area contributed by atoms with Gasteiger partial charge in [0.2, 0.25) is 0 Å². The maximum Gasteiger partial charge on any atom is 0.127 e. The lowest BCUT2D eigenvalue weighted by molar-refractivity contribution is 0.490. The molecule has 1 radical (unpaired) electrons. The molecule has 0 aromatic carbocycles. The molecule has 0 spiro atoms. The summed E-state index contributed by atoms with van der Waals surface area (Å²) in [5, 5.41) is 0.441. The second kappa shape index (κ2) is 4.52. The van der Waals surface area contributed by atoms with Crippen molar-refractivity contribution in [2.24, 2.45) is 0 Å². The van der Waals surface area contributed by atoms with Gasteiger partial charge in [-0.3, -0.25) is 0 Å². The van der Waals surface area contributed by atoms with Gasteiger partial charge in [0.1, 0.15) is 5.25 Å². The summed E-state index contributed by atoms with van der Waals surface area (Å²) in [4.78, 5) is 0. The van der Waals surface area contributed by atoms with E-state index in [1.54, 1.807) is 0 Å². The van der Waals surface area contributed by atoms with Crippen molar-refractivity contribution < 1.29 is 4.55 Å². The molecule has 0 heterocycles. The van der Waals surface area contributed by atoms with Gasteiger partial charge in [0.25, 0.3) is 0 Å². The molecular weight excluding hydrogens is 164 g/mol. The van der Waals surface area contributed by atoms with E-state index in [9.17, 15) is 4.55 Å². The van der Waals surface area contributed by atoms with Crippen molar-refractivity contribution in [3.63, 3.8) is 0 Å². The summed E-state index contributed by atoms with van der Waals surface area (Å²) < 4.78 is 11.2. The van der Waals surface area contributed by atoms with Crippen LogP contribution in [0.1, 0.15) is 32.1 Å². The minimum Gasteiger partial charge on any atom is -0.605 e. The van der Waals surface area contributed by atoms with Crippen molar-refractivity contribution in [3.8, 4) is 0 Å². The fourth-order valence-corrected chi connectivity index (χ4v) is 3.42. The second-order valence-electron chi connectivity index (χ2n) is 2.64. The van der Waals surface area contributed by atoms with Crippen molar-refractivity contribution in [2.45, 2.75) is 37.4 Å². The number of rotatable bonds is 2. The predicted molar refractivity (Wildman–Crippen MR) is 48.0 cm³/mol. The van der Waals surface area contributed by atoms with Crippen molar-refractivity contribution >= 4 is 21.0 Å². The molecule has 0 saturated heterocycles. The zero-order valence-electron chi connectivity index (χ0n) is 6.04. The van der Waals surface area contributed by atoms with Crippen molar-refractivity contribution in [1.82, 2.24) is 0 Å². The van der Waals surface area contributed by atoms with Crippen LogP contribution in [-0.2, 0) is 10.2 Å². The summed E-state index contributed by atoms with van der Waals surface area (Å²) in [7, 11) is 0.546. The Morgan fingerprint density at radius 1 is 1.30 bits per heavy atom. The molecular formula is C7H13OS2. The first-order valence-electron chi connectivity index (χ1n) is 3.67. The minimum atomic E-state index is -0.708. The standard InChI is InChI=1S/C7H13OS2/c1-9-10(8)7-5-3-2-4-6-7/h7H,1-6H2. The molecule has 1 fully saturated rings. The van der Waals surface area contributed by atoms with E-state index in [-0.39, 0.29) is 0 Å². The first kappa shape index (κ1) is 8.75. The number of hydrogen-bond acceptors (Lipinski definition) is 2. The minimum absolute atomic E-state index is 0.441. The topological polar surface area (TPSA) is 23.1 Å². The van der Waals surface area contributed by atoms with Gasteiger partial charge in [-0.1, -0.05) is 6.42 Å². The predicted octanol–water partition coefficient (Wildman–Crippen LogP) is 2.51. The molecule has 10 heavy (non-hydrogen) atoms. The highest BCUT2D eigenvalue weighted by Gasteiger charge is 2.24. The summed E-state index contributed by atoms with van der Waals surface area (Å²) in [6.45, 7) is 0. The average Bonchev–Trinajstić information content (AvgIpc) is 2.05. The van der Waals surface area contributed by atoms with Crippen LogP contribution in [0.5, 0.6) is 0 Å². The fraction of sp³-hybridized carbons (Fsp3) is 0.857. The largest absolute Gasteiger partial charge is 0.605 e. The maximum atomic E-state index is 11.2. The van der Waals surface area contributed by atoms with E-state index in [0.717, 1.165) is 12.8 Å². The van der Waals surface area contributed by atoms with Crippen LogP contribution in [0.25, 0.3) is 0 Å². The van der Waals surface area contributed by atoms with Crippen LogP contribution in [0.15, 0.2) is 0 Å². The molecule has 0 N–H and O–H groups in total. The summed E-state index contributed by atoms with van der Waals surface area (Å²) in [5.74, 6) is 0. The fourth-order valence-electron chi connectivity index (χ4n) is 1.35. The molecule has 1 nitrogen and oxygen atoms in total. The lowest BCUT2D eigenvalue weighted by atomic mass is 10.0. The summed E-state index contributed by atoms with van der Waals surface area (Å²) in [6.07, 6.45) is 9.72. The van der Waals surface area contributed by atoms with E-state index in [4.69, 9.17) is 0 Å². The zero-order chi connectivity index (χ0) is 7.40. The molecule has 3 heteroatoms. The Kier molecular flexibility index (Phi) is 3.96. The molecule has 1 unspecified atom stereocenters. The second-order valence-corrected chi connectivity index (χ2v) is 5.75. The molecule has 1 saturated carbocycles. The Bertz CT molecular complexity index is 91.6. The smallest absolute Gasteiger partial charge is 0.127 e. The monoisotopic (exact) mass is 177 g/mol. The van der Waals surface area contributed by atoms with E-state index in [1.807, 2.05) is 0 Å². The van der Waals surface area contributed by atoms with Gasteiger partial charge in [0, 0.05) is 10.2 Å². The molecule has 1 aliphatic rings. The van der Waals surface area contributed by atoms with Gasteiger partial charge in [0.05, 0.1) is 17.0 Å². The van der Waals surface area contributed by atoms with E-state index < -0.39 is 10.2 Å². The van der Waals surface area contributed by atoms with Gasteiger partial charge in [-0.05, 0) is 25.7 Å². The van der Waals surface area contributed by atoms with Crippen molar-refractivity contribution in [3.05, 3.63) is 6.26 Å². The number of hydrogen-bond donors (Lipinski definition) is 0. The van der Waals surface area contributed by atoms with E-state index in [1.165, 1.54) is 30.1 Å². The first-order valence-corrected chi connectivity index (χ1v) is 6.39. The maximum absolute atomic E-state index is 11.2. The lowest BCUT2D eigenvalue weighted by Gasteiger charge is -2.22.